The normalized spacial score (nSPS) is 38.5. The van der Waals surface area contributed by atoms with Gasteiger partial charge in [-0.25, -0.2) is 0 Å². The predicted octanol–water partition coefficient (Wildman–Crippen LogP) is 2.05. The number of nitrogens with one attached hydrogen (secondary N) is 1. The Morgan fingerprint density at radius 1 is 1.35 bits per heavy atom. The first-order valence-corrected chi connectivity index (χ1v) is 7.17. The summed E-state index contributed by atoms with van der Waals surface area (Å²) in [5.74, 6) is 1.65. The molecule has 98 valence electrons. The van der Waals surface area contributed by atoms with Gasteiger partial charge in [-0.1, -0.05) is 20.3 Å². The number of rotatable bonds is 3. The Morgan fingerprint density at radius 3 is 2.47 bits per heavy atom. The Kier molecular flexibility index (Phi) is 4.08. The lowest BCUT2D eigenvalue weighted by Crippen LogP contribution is -2.54. The second-order valence-corrected chi connectivity index (χ2v) is 6.03. The molecule has 0 aromatic rings. The van der Waals surface area contributed by atoms with E-state index >= 15 is 0 Å². The van der Waals surface area contributed by atoms with Gasteiger partial charge in [-0.15, -0.1) is 0 Å². The fraction of sp³-hybridized carbons (Fsp3) is 0.929. The van der Waals surface area contributed by atoms with Crippen LogP contribution in [0.1, 0.15) is 52.4 Å². The third kappa shape index (κ3) is 2.82. The van der Waals surface area contributed by atoms with Gasteiger partial charge in [0, 0.05) is 18.0 Å². The molecule has 0 aromatic heterocycles. The number of fused-ring (bicyclic) bond motifs is 2. The fourth-order valence-electron chi connectivity index (χ4n) is 3.52. The van der Waals surface area contributed by atoms with Gasteiger partial charge in [-0.3, -0.25) is 4.79 Å². The lowest BCUT2D eigenvalue weighted by Gasteiger charge is -2.45. The number of hydrogen-bond donors (Lipinski definition) is 2. The number of hydrogen-bond acceptors (Lipinski definition) is 2. The molecule has 3 N–H and O–H groups in total. The zero-order chi connectivity index (χ0) is 12.4. The van der Waals surface area contributed by atoms with Gasteiger partial charge < -0.3 is 11.1 Å². The van der Waals surface area contributed by atoms with Crippen molar-refractivity contribution >= 4 is 5.91 Å². The van der Waals surface area contributed by atoms with E-state index < -0.39 is 0 Å². The molecule has 0 heterocycles. The van der Waals surface area contributed by atoms with Crippen LogP contribution in [0.5, 0.6) is 0 Å². The van der Waals surface area contributed by atoms with Crippen LogP contribution < -0.4 is 11.1 Å². The highest BCUT2D eigenvalue weighted by Crippen LogP contribution is 2.39. The van der Waals surface area contributed by atoms with E-state index in [0.717, 1.165) is 19.3 Å². The molecule has 0 spiro atoms. The van der Waals surface area contributed by atoms with Crippen molar-refractivity contribution in [3.05, 3.63) is 0 Å². The zero-order valence-corrected chi connectivity index (χ0v) is 11.1. The van der Waals surface area contributed by atoms with Crippen molar-refractivity contribution < 1.29 is 4.79 Å². The van der Waals surface area contributed by atoms with Crippen LogP contribution in [-0.2, 0) is 4.79 Å². The summed E-state index contributed by atoms with van der Waals surface area (Å²) in [6, 6.07) is 0.770. The first-order valence-electron chi connectivity index (χ1n) is 7.17. The van der Waals surface area contributed by atoms with E-state index in [1.807, 2.05) is 6.92 Å². The van der Waals surface area contributed by atoms with Crippen LogP contribution in [-0.4, -0.2) is 18.0 Å². The molecule has 1 amide bonds. The van der Waals surface area contributed by atoms with Crippen molar-refractivity contribution in [2.24, 2.45) is 23.5 Å². The van der Waals surface area contributed by atoms with Gasteiger partial charge in [0.25, 0.3) is 0 Å². The minimum atomic E-state index is 0.145. The summed E-state index contributed by atoms with van der Waals surface area (Å²) < 4.78 is 0. The Balaban J connectivity index is 1.98. The van der Waals surface area contributed by atoms with Crippen LogP contribution in [0.2, 0.25) is 0 Å². The van der Waals surface area contributed by atoms with Crippen LogP contribution in [0.3, 0.4) is 0 Å². The summed E-state index contributed by atoms with van der Waals surface area (Å²) in [5, 5.41) is 3.30. The molecule has 3 nitrogen and oxygen atoms in total. The minimum Gasteiger partial charge on any atom is -0.353 e. The maximum Gasteiger partial charge on any atom is 0.223 e. The standard InChI is InChI=1S/C14H26N2O/c1-3-9(2)14(17)16-13-10-5-4-6-11(13)8-12(15)7-10/h9-13H,3-8,15H2,1-2H3,(H,16,17). The summed E-state index contributed by atoms with van der Waals surface area (Å²) in [6.07, 6.45) is 6.93. The highest BCUT2D eigenvalue weighted by Gasteiger charge is 2.40. The molecule has 17 heavy (non-hydrogen) atoms. The van der Waals surface area contributed by atoms with E-state index in [1.54, 1.807) is 0 Å². The SMILES string of the molecule is CCC(C)C(=O)NC1C2CCCC1CC(N)C2. The molecule has 2 fully saturated rings. The fourth-order valence-corrected chi connectivity index (χ4v) is 3.52. The minimum absolute atomic E-state index is 0.145. The summed E-state index contributed by atoms with van der Waals surface area (Å²) >= 11 is 0. The summed E-state index contributed by atoms with van der Waals surface area (Å²) in [4.78, 5) is 12.0. The number of nitrogens with two attached hydrogens (primary N) is 1. The summed E-state index contributed by atoms with van der Waals surface area (Å²) in [6.45, 7) is 4.08. The average Bonchev–Trinajstić information content (AvgIpc) is 2.29. The van der Waals surface area contributed by atoms with E-state index in [2.05, 4.69) is 12.2 Å². The lowest BCUT2D eigenvalue weighted by atomic mass is 9.67. The number of amides is 1. The summed E-state index contributed by atoms with van der Waals surface area (Å²) in [7, 11) is 0. The monoisotopic (exact) mass is 238 g/mol. The largest absolute Gasteiger partial charge is 0.353 e. The summed E-state index contributed by atoms with van der Waals surface area (Å²) in [5.41, 5.74) is 6.09. The molecule has 0 aromatic carbocycles. The zero-order valence-electron chi connectivity index (χ0n) is 11.1. The van der Waals surface area contributed by atoms with Gasteiger partial charge in [-0.05, 0) is 43.9 Å². The molecule has 2 aliphatic carbocycles. The Labute approximate surface area is 105 Å². The number of carbonyl (C=O) groups excluding carboxylic acids is 1. The second kappa shape index (κ2) is 5.38. The van der Waals surface area contributed by atoms with E-state index in [0.29, 0.717) is 23.9 Å². The van der Waals surface area contributed by atoms with Gasteiger partial charge in [0.05, 0.1) is 0 Å². The maximum atomic E-state index is 12.0. The molecule has 3 atom stereocenters. The molecule has 3 unspecified atom stereocenters. The van der Waals surface area contributed by atoms with Crippen molar-refractivity contribution in [3.8, 4) is 0 Å². The molecule has 0 saturated heterocycles. The van der Waals surface area contributed by atoms with Gasteiger partial charge in [-0.2, -0.15) is 0 Å². The quantitative estimate of drug-likeness (QED) is 0.790. The van der Waals surface area contributed by atoms with E-state index in [4.69, 9.17) is 5.73 Å². The molecule has 2 rings (SSSR count). The van der Waals surface area contributed by atoms with Gasteiger partial charge in [0.2, 0.25) is 5.91 Å². The van der Waals surface area contributed by atoms with Crippen LogP contribution >= 0.6 is 0 Å². The third-order valence-corrected chi connectivity index (χ3v) is 4.75. The van der Waals surface area contributed by atoms with Crippen LogP contribution in [0.4, 0.5) is 0 Å². The Bertz CT molecular complexity index is 265. The van der Waals surface area contributed by atoms with E-state index in [-0.39, 0.29) is 11.8 Å². The molecular formula is C14H26N2O. The average molecular weight is 238 g/mol. The highest BCUT2D eigenvalue weighted by atomic mass is 16.1. The number of carbonyl (C=O) groups is 1. The Hall–Kier alpha value is -0.570. The van der Waals surface area contributed by atoms with E-state index in [1.165, 1.54) is 19.3 Å². The smallest absolute Gasteiger partial charge is 0.223 e. The molecule has 0 aliphatic heterocycles. The molecular weight excluding hydrogens is 212 g/mol. The predicted molar refractivity (Wildman–Crippen MR) is 69.4 cm³/mol. The van der Waals surface area contributed by atoms with Crippen LogP contribution in [0, 0.1) is 17.8 Å². The van der Waals surface area contributed by atoms with Crippen molar-refractivity contribution in [1.82, 2.24) is 5.32 Å². The van der Waals surface area contributed by atoms with Crippen molar-refractivity contribution in [2.75, 3.05) is 0 Å². The first-order chi connectivity index (χ1) is 8.11. The van der Waals surface area contributed by atoms with Crippen molar-refractivity contribution in [3.63, 3.8) is 0 Å². The maximum absolute atomic E-state index is 12.0. The molecule has 3 heteroatoms. The Morgan fingerprint density at radius 2 is 1.94 bits per heavy atom. The van der Waals surface area contributed by atoms with Gasteiger partial charge in [0.1, 0.15) is 0 Å². The van der Waals surface area contributed by atoms with Crippen LogP contribution in [0.15, 0.2) is 0 Å². The molecule has 2 saturated carbocycles. The molecule has 2 bridgehead atoms. The third-order valence-electron chi connectivity index (χ3n) is 4.75. The second-order valence-electron chi connectivity index (χ2n) is 6.03. The van der Waals surface area contributed by atoms with Gasteiger partial charge >= 0.3 is 0 Å². The topological polar surface area (TPSA) is 55.1 Å². The lowest BCUT2D eigenvalue weighted by molar-refractivity contribution is -0.126. The van der Waals surface area contributed by atoms with Gasteiger partial charge in [0.15, 0.2) is 0 Å². The van der Waals surface area contributed by atoms with E-state index in [9.17, 15) is 4.79 Å². The first kappa shape index (κ1) is 12.9. The van der Waals surface area contributed by atoms with Crippen LogP contribution in [0.25, 0.3) is 0 Å². The molecule has 0 radical (unpaired) electrons. The van der Waals surface area contributed by atoms with Crippen molar-refractivity contribution in [2.45, 2.75) is 64.5 Å². The highest BCUT2D eigenvalue weighted by molar-refractivity contribution is 5.78. The molecule has 2 aliphatic rings. The van der Waals surface area contributed by atoms with Crippen molar-refractivity contribution in [1.29, 1.82) is 0 Å².